The minimum absolute atomic E-state index is 0.371. The lowest BCUT2D eigenvalue weighted by Gasteiger charge is -2.09. The summed E-state index contributed by atoms with van der Waals surface area (Å²) in [6.07, 6.45) is 0. The van der Waals surface area contributed by atoms with E-state index in [1.165, 1.54) is 0 Å². The van der Waals surface area contributed by atoms with Gasteiger partial charge in [-0.1, -0.05) is 45.2 Å². The lowest BCUT2D eigenvalue weighted by molar-refractivity contribution is 0.307. The Morgan fingerprint density at radius 2 is 1.72 bits per heavy atom. The molecule has 0 unspecified atom stereocenters. The molecule has 0 spiro atoms. The molecule has 0 amide bonds. The molecule has 2 rings (SSSR count). The molecule has 2 nitrogen and oxygen atoms in total. The Morgan fingerprint density at radius 3 is 2.33 bits per heavy atom. The fraction of sp³-hybridized carbons (Fsp3) is 0.0769. The molecule has 0 aliphatic carbocycles. The van der Waals surface area contributed by atoms with Crippen LogP contribution in [0.3, 0.4) is 0 Å². The third kappa shape index (κ3) is 3.55. The summed E-state index contributed by atoms with van der Waals surface area (Å²) in [4.78, 5) is 0. The van der Waals surface area contributed by atoms with E-state index in [-0.39, 0.29) is 0 Å². The van der Waals surface area contributed by atoms with Crippen molar-refractivity contribution in [3.63, 3.8) is 0 Å². The molecule has 2 N–H and O–H groups in total. The highest BCUT2D eigenvalue weighted by Crippen LogP contribution is 2.26. The van der Waals surface area contributed by atoms with Gasteiger partial charge in [0.15, 0.2) is 0 Å². The maximum absolute atomic E-state index is 5.89. The quantitative estimate of drug-likeness (QED) is 0.801. The molecule has 2 aromatic rings. The highest BCUT2D eigenvalue weighted by molar-refractivity contribution is 9.10. The van der Waals surface area contributed by atoms with Crippen molar-refractivity contribution < 1.29 is 4.74 Å². The summed E-state index contributed by atoms with van der Waals surface area (Å²) in [5.74, 6) is 0.620. The predicted molar refractivity (Wildman–Crippen MR) is 79.3 cm³/mol. The molecule has 18 heavy (non-hydrogen) atoms. The maximum atomic E-state index is 5.89. The van der Waals surface area contributed by atoms with Crippen molar-refractivity contribution in [2.24, 2.45) is 0 Å². The molecular weight excluding hydrogens is 337 g/mol. The molecule has 0 atom stereocenters. The predicted octanol–water partition coefficient (Wildman–Crippen LogP) is 4.92. The first-order valence-electron chi connectivity index (χ1n) is 5.17. The van der Waals surface area contributed by atoms with E-state index in [9.17, 15) is 0 Å². The summed E-state index contributed by atoms with van der Waals surface area (Å²) < 4.78 is 6.55. The zero-order chi connectivity index (χ0) is 13.1. The molecule has 94 valence electrons. The molecule has 0 aliphatic rings. The van der Waals surface area contributed by atoms with Crippen LogP contribution in [0.4, 0.5) is 5.69 Å². The number of hydrogen-bond donors (Lipinski definition) is 1. The maximum Gasteiger partial charge on any atom is 0.122 e. The zero-order valence-electron chi connectivity index (χ0n) is 9.29. The minimum atomic E-state index is 0.371. The van der Waals surface area contributed by atoms with Crippen molar-refractivity contribution >= 4 is 44.8 Å². The van der Waals surface area contributed by atoms with Gasteiger partial charge in [-0.05, 0) is 30.3 Å². The van der Waals surface area contributed by atoms with Gasteiger partial charge in [0, 0.05) is 25.8 Å². The molecule has 0 aliphatic heterocycles. The van der Waals surface area contributed by atoms with E-state index in [0.29, 0.717) is 28.1 Å². The highest BCUT2D eigenvalue weighted by Gasteiger charge is 2.03. The molecular formula is C13H10BrCl2NO. The smallest absolute Gasteiger partial charge is 0.122 e. The largest absolute Gasteiger partial charge is 0.489 e. The van der Waals surface area contributed by atoms with E-state index >= 15 is 0 Å². The Morgan fingerprint density at radius 1 is 1.06 bits per heavy atom. The average molecular weight is 347 g/mol. The lowest BCUT2D eigenvalue weighted by Crippen LogP contribution is -2.00. The lowest BCUT2D eigenvalue weighted by atomic mass is 10.2. The van der Waals surface area contributed by atoms with Crippen LogP contribution >= 0.6 is 39.1 Å². The van der Waals surface area contributed by atoms with Crippen molar-refractivity contribution in [3.05, 3.63) is 56.5 Å². The van der Waals surface area contributed by atoms with E-state index in [4.69, 9.17) is 33.7 Å². The second-order valence-electron chi connectivity index (χ2n) is 3.74. The number of benzene rings is 2. The highest BCUT2D eigenvalue weighted by atomic mass is 79.9. The van der Waals surface area contributed by atoms with E-state index in [1.54, 1.807) is 18.2 Å². The minimum Gasteiger partial charge on any atom is -0.489 e. The SMILES string of the molecule is Nc1cc(Br)ccc1COc1cc(Cl)cc(Cl)c1. The van der Waals surface area contributed by atoms with Crippen LogP contribution in [0.5, 0.6) is 5.75 Å². The van der Waals surface area contributed by atoms with E-state index in [0.717, 1.165) is 10.0 Å². The number of halogens is 3. The van der Waals surface area contributed by atoms with Gasteiger partial charge in [-0.3, -0.25) is 0 Å². The summed E-state index contributed by atoms with van der Waals surface area (Å²) in [7, 11) is 0. The normalized spacial score (nSPS) is 10.4. The Kier molecular flexibility index (Phi) is 4.38. The molecule has 0 saturated carbocycles. The second-order valence-corrected chi connectivity index (χ2v) is 5.53. The van der Waals surface area contributed by atoms with Crippen molar-refractivity contribution in [2.45, 2.75) is 6.61 Å². The average Bonchev–Trinajstić information content (AvgIpc) is 2.26. The molecule has 0 saturated heterocycles. The van der Waals surface area contributed by atoms with Gasteiger partial charge < -0.3 is 10.5 Å². The summed E-state index contributed by atoms with van der Waals surface area (Å²) in [6, 6.07) is 10.7. The van der Waals surface area contributed by atoms with Crippen molar-refractivity contribution in [3.8, 4) is 5.75 Å². The molecule has 0 heterocycles. The number of anilines is 1. The van der Waals surface area contributed by atoms with Crippen LogP contribution in [0, 0.1) is 0 Å². The van der Waals surface area contributed by atoms with Crippen LogP contribution < -0.4 is 10.5 Å². The van der Waals surface area contributed by atoms with Crippen molar-refractivity contribution in [1.29, 1.82) is 0 Å². The molecule has 0 fully saturated rings. The topological polar surface area (TPSA) is 35.2 Å². The zero-order valence-corrected chi connectivity index (χ0v) is 12.4. The number of hydrogen-bond acceptors (Lipinski definition) is 2. The van der Waals surface area contributed by atoms with Crippen molar-refractivity contribution in [2.75, 3.05) is 5.73 Å². The Balaban J connectivity index is 2.11. The molecule has 0 radical (unpaired) electrons. The first-order valence-corrected chi connectivity index (χ1v) is 6.72. The van der Waals surface area contributed by atoms with Gasteiger partial charge in [0.25, 0.3) is 0 Å². The van der Waals surface area contributed by atoms with E-state index in [2.05, 4.69) is 15.9 Å². The monoisotopic (exact) mass is 345 g/mol. The standard InChI is InChI=1S/C13H10BrCl2NO/c14-9-2-1-8(13(17)3-9)7-18-12-5-10(15)4-11(16)6-12/h1-6H,7,17H2. The van der Waals surface area contributed by atoms with Crippen LogP contribution in [0.1, 0.15) is 5.56 Å². The number of rotatable bonds is 3. The number of nitrogen functional groups attached to an aromatic ring is 1. The molecule has 0 bridgehead atoms. The van der Waals surface area contributed by atoms with Crippen LogP contribution in [-0.2, 0) is 6.61 Å². The van der Waals surface area contributed by atoms with Gasteiger partial charge in [-0.15, -0.1) is 0 Å². The third-order valence-electron chi connectivity index (χ3n) is 2.34. The van der Waals surface area contributed by atoms with Crippen LogP contribution in [0.15, 0.2) is 40.9 Å². The fourth-order valence-electron chi connectivity index (χ4n) is 1.47. The van der Waals surface area contributed by atoms with E-state index < -0.39 is 0 Å². The van der Waals surface area contributed by atoms with E-state index in [1.807, 2.05) is 18.2 Å². The van der Waals surface area contributed by atoms with Crippen LogP contribution in [0.25, 0.3) is 0 Å². The Labute approximate surface area is 124 Å². The summed E-state index contributed by atoms with van der Waals surface area (Å²) in [5.41, 5.74) is 7.47. The third-order valence-corrected chi connectivity index (χ3v) is 3.27. The molecule has 0 aromatic heterocycles. The van der Waals surface area contributed by atoms with Crippen LogP contribution in [-0.4, -0.2) is 0 Å². The molecule has 5 heteroatoms. The van der Waals surface area contributed by atoms with Gasteiger partial charge in [0.05, 0.1) is 0 Å². The van der Waals surface area contributed by atoms with Gasteiger partial charge in [0.2, 0.25) is 0 Å². The van der Waals surface area contributed by atoms with Gasteiger partial charge >= 0.3 is 0 Å². The van der Waals surface area contributed by atoms with Crippen molar-refractivity contribution in [1.82, 2.24) is 0 Å². The van der Waals surface area contributed by atoms with Gasteiger partial charge in [-0.25, -0.2) is 0 Å². The first kappa shape index (κ1) is 13.5. The number of nitrogens with two attached hydrogens (primary N) is 1. The Hall–Kier alpha value is -0.900. The summed E-state index contributed by atoms with van der Waals surface area (Å²) in [5, 5.41) is 1.09. The van der Waals surface area contributed by atoms with Gasteiger partial charge in [-0.2, -0.15) is 0 Å². The fourth-order valence-corrected chi connectivity index (χ4v) is 2.35. The second kappa shape index (κ2) is 5.83. The summed E-state index contributed by atoms with van der Waals surface area (Å²) in [6.45, 7) is 0.371. The first-order chi connectivity index (χ1) is 8.54. The van der Waals surface area contributed by atoms with Crippen LogP contribution in [0.2, 0.25) is 10.0 Å². The molecule has 2 aromatic carbocycles. The number of ether oxygens (including phenoxy) is 1. The Bertz CT molecular complexity index is 555. The van der Waals surface area contributed by atoms with Gasteiger partial charge in [0.1, 0.15) is 12.4 Å². The summed E-state index contributed by atoms with van der Waals surface area (Å²) >= 11 is 15.1.